The van der Waals surface area contributed by atoms with E-state index in [2.05, 4.69) is 21.1 Å². The maximum atomic E-state index is 8.56. The summed E-state index contributed by atoms with van der Waals surface area (Å²) < 4.78 is 6.75. The molecule has 1 aliphatic carbocycles. The number of rotatable bonds is 5. The fourth-order valence-corrected chi connectivity index (χ4v) is 2.00. The van der Waals surface area contributed by atoms with Gasteiger partial charge in [0.1, 0.15) is 11.6 Å². The lowest BCUT2D eigenvalue weighted by molar-refractivity contribution is 0.236. The highest BCUT2D eigenvalue weighted by molar-refractivity contribution is 9.10. The van der Waals surface area contributed by atoms with Gasteiger partial charge in [0.25, 0.3) is 0 Å². The van der Waals surface area contributed by atoms with Crippen LogP contribution in [0, 0.1) is 5.41 Å². The summed E-state index contributed by atoms with van der Waals surface area (Å²) in [6.45, 7) is 0.616. The van der Waals surface area contributed by atoms with Crippen LogP contribution in [-0.2, 0) is 0 Å². The largest absolute Gasteiger partial charge is 0.493 e. The number of hydrogen-bond donors (Lipinski definition) is 2. The Morgan fingerprint density at radius 2 is 2.06 bits per heavy atom. The monoisotopic (exact) mass is 298 g/mol. The Hall–Kier alpha value is -1.23. The van der Waals surface area contributed by atoms with E-state index in [4.69, 9.17) is 15.7 Å². The van der Waals surface area contributed by atoms with Crippen LogP contribution in [-0.4, -0.2) is 17.6 Å². The van der Waals surface area contributed by atoms with Gasteiger partial charge < -0.3 is 15.7 Å². The molecule has 5 heteroatoms. The molecule has 2 rings (SSSR count). The van der Waals surface area contributed by atoms with E-state index >= 15 is 0 Å². The summed E-state index contributed by atoms with van der Waals surface area (Å²) in [5.41, 5.74) is 5.60. The van der Waals surface area contributed by atoms with Crippen molar-refractivity contribution in [3.63, 3.8) is 0 Å². The van der Waals surface area contributed by atoms with Gasteiger partial charge in [0, 0.05) is 16.3 Å². The van der Waals surface area contributed by atoms with E-state index < -0.39 is 0 Å². The molecule has 0 spiro atoms. The lowest BCUT2D eigenvalue weighted by atomic mass is 10.0. The van der Waals surface area contributed by atoms with Gasteiger partial charge >= 0.3 is 0 Å². The zero-order chi connectivity index (χ0) is 12.3. The van der Waals surface area contributed by atoms with Crippen LogP contribution >= 0.6 is 15.9 Å². The van der Waals surface area contributed by atoms with E-state index in [1.165, 1.54) is 0 Å². The number of nitrogens with zero attached hydrogens (tertiary/aromatic N) is 1. The summed E-state index contributed by atoms with van der Waals surface area (Å²) in [6.07, 6.45) is 2.74. The van der Waals surface area contributed by atoms with Gasteiger partial charge in [-0.25, -0.2) is 0 Å². The summed E-state index contributed by atoms with van der Waals surface area (Å²) in [4.78, 5) is 0. The molecular weight excluding hydrogens is 284 g/mol. The second kappa shape index (κ2) is 4.96. The molecule has 17 heavy (non-hydrogen) atoms. The van der Waals surface area contributed by atoms with E-state index in [1.54, 1.807) is 0 Å². The van der Waals surface area contributed by atoms with Crippen LogP contribution in [0.3, 0.4) is 0 Å². The van der Waals surface area contributed by atoms with Crippen molar-refractivity contribution in [2.75, 3.05) is 6.61 Å². The van der Waals surface area contributed by atoms with Gasteiger partial charge in [-0.05, 0) is 37.1 Å². The highest BCUT2D eigenvalue weighted by Crippen LogP contribution is 2.48. The third-order valence-electron chi connectivity index (χ3n) is 3.00. The quantitative estimate of drug-likeness (QED) is 0.380. The van der Waals surface area contributed by atoms with Crippen molar-refractivity contribution in [2.45, 2.75) is 19.3 Å². The molecule has 1 saturated carbocycles. The Labute approximate surface area is 109 Å². The predicted molar refractivity (Wildman–Crippen MR) is 69.3 cm³/mol. The Bertz CT molecular complexity index is 413. The maximum absolute atomic E-state index is 8.56. The molecule has 0 amide bonds. The van der Waals surface area contributed by atoms with Gasteiger partial charge in [0.05, 0.1) is 6.61 Å². The lowest BCUT2D eigenvalue weighted by Crippen LogP contribution is -2.22. The zero-order valence-electron chi connectivity index (χ0n) is 9.40. The molecule has 0 bridgehead atoms. The van der Waals surface area contributed by atoms with Crippen molar-refractivity contribution in [2.24, 2.45) is 16.3 Å². The zero-order valence-corrected chi connectivity index (χ0v) is 11.0. The Morgan fingerprint density at radius 3 is 2.59 bits per heavy atom. The Morgan fingerprint density at radius 1 is 1.41 bits per heavy atom. The van der Waals surface area contributed by atoms with Crippen molar-refractivity contribution in [1.82, 2.24) is 0 Å². The van der Waals surface area contributed by atoms with E-state index in [-0.39, 0.29) is 11.3 Å². The minimum atomic E-state index is 0.0728. The van der Waals surface area contributed by atoms with E-state index in [0.717, 1.165) is 23.1 Å². The molecule has 0 atom stereocenters. The molecule has 0 heterocycles. The third kappa shape index (κ3) is 3.36. The first kappa shape index (κ1) is 12.2. The summed E-state index contributed by atoms with van der Waals surface area (Å²) in [5, 5.41) is 11.6. The number of benzene rings is 1. The van der Waals surface area contributed by atoms with Gasteiger partial charge in [-0.1, -0.05) is 21.1 Å². The van der Waals surface area contributed by atoms with Crippen LogP contribution < -0.4 is 10.5 Å². The molecule has 0 aromatic heterocycles. The average Bonchev–Trinajstić information content (AvgIpc) is 3.09. The van der Waals surface area contributed by atoms with Crippen LogP contribution in [0.5, 0.6) is 5.75 Å². The normalized spacial score (nSPS) is 17.8. The molecule has 1 aromatic carbocycles. The highest BCUT2D eigenvalue weighted by atomic mass is 79.9. The smallest absolute Gasteiger partial charge is 0.139 e. The summed E-state index contributed by atoms with van der Waals surface area (Å²) in [6, 6.07) is 7.73. The van der Waals surface area contributed by atoms with E-state index in [0.29, 0.717) is 13.0 Å². The SMILES string of the molecule is NC(CC1(COc2ccc(Br)cc2)CC1)=NO. The van der Waals surface area contributed by atoms with Crippen molar-refractivity contribution in [3.05, 3.63) is 28.7 Å². The van der Waals surface area contributed by atoms with Gasteiger partial charge in [-0.3, -0.25) is 0 Å². The fraction of sp³-hybridized carbons (Fsp3) is 0.417. The number of hydrogen-bond acceptors (Lipinski definition) is 3. The first-order valence-electron chi connectivity index (χ1n) is 5.48. The second-order valence-electron chi connectivity index (χ2n) is 4.51. The van der Waals surface area contributed by atoms with Gasteiger partial charge in [0.15, 0.2) is 0 Å². The molecule has 4 nitrogen and oxygen atoms in total. The Balaban J connectivity index is 1.88. The van der Waals surface area contributed by atoms with Crippen molar-refractivity contribution in [1.29, 1.82) is 0 Å². The van der Waals surface area contributed by atoms with Crippen LogP contribution in [0.2, 0.25) is 0 Å². The van der Waals surface area contributed by atoms with Crippen LogP contribution in [0.15, 0.2) is 33.9 Å². The molecular formula is C12H15BrN2O2. The molecule has 1 aromatic rings. The topological polar surface area (TPSA) is 67.8 Å². The molecule has 0 unspecified atom stereocenters. The van der Waals surface area contributed by atoms with Crippen molar-refractivity contribution < 1.29 is 9.94 Å². The molecule has 0 radical (unpaired) electrons. The molecule has 92 valence electrons. The maximum Gasteiger partial charge on any atom is 0.139 e. The number of oxime groups is 1. The number of nitrogens with two attached hydrogens (primary N) is 1. The van der Waals surface area contributed by atoms with Crippen molar-refractivity contribution >= 4 is 21.8 Å². The van der Waals surface area contributed by atoms with E-state index in [9.17, 15) is 0 Å². The minimum absolute atomic E-state index is 0.0728. The number of ether oxygens (including phenoxy) is 1. The van der Waals surface area contributed by atoms with E-state index in [1.807, 2.05) is 24.3 Å². The summed E-state index contributed by atoms with van der Waals surface area (Å²) in [7, 11) is 0. The second-order valence-corrected chi connectivity index (χ2v) is 5.43. The molecule has 0 aliphatic heterocycles. The van der Waals surface area contributed by atoms with Crippen LogP contribution in [0.25, 0.3) is 0 Å². The summed E-state index contributed by atoms with van der Waals surface area (Å²) in [5.74, 6) is 1.13. The lowest BCUT2D eigenvalue weighted by Gasteiger charge is -2.15. The molecule has 1 aliphatic rings. The summed E-state index contributed by atoms with van der Waals surface area (Å²) >= 11 is 3.37. The third-order valence-corrected chi connectivity index (χ3v) is 3.53. The number of amidine groups is 1. The standard InChI is InChI=1S/C12H15BrN2O2/c13-9-1-3-10(4-2-9)17-8-12(5-6-12)7-11(14)15-16/h1-4,16H,5-8H2,(H2,14,15). The fourth-order valence-electron chi connectivity index (χ4n) is 1.74. The average molecular weight is 299 g/mol. The number of halogens is 1. The highest BCUT2D eigenvalue weighted by Gasteiger charge is 2.44. The molecule has 3 N–H and O–H groups in total. The molecule has 0 saturated heterocycles. The van der Waals surface area contributed by atoms with Crippen molar-refractivity contribution in [3.8, 4) is 5.75 Å². The van der Waals surface area contributed by atoms with Crippen LogP contribution in [0.4, 0.5) is 0 Å². The predicted octanol–water partition coefficient (Wildman–Crippen LogP) is 2.74. The van der Waals surface area contributed by atoms with Gasteiger partial charge in [0.2, 0.25) is 0 Å². The molecule has 1 fully saturated rings. The van der Waals surface area contributed by atoms with Gasteiger partial charge in [-0.15, -0.1) is 0 Å². The van der Waals surface area contributed by atoms with Gasteiger partial charge in [-0.2, -0.15) is 0 Å². The first-order chi connectivity index (χ1) is 8.13. The van der Waals surface area contributed by atoms with Crippen LogP contribution in [0.1, 0.15) is 19.3 Å². The minimum Gasteiger partial charge on any atom is -0.493 e. The Kier molecular flexibility index (Phi) is 3.57. The first-order valence-corrected chi connectivity index (χ1v) is 6.28.